The van der Waals surface area contributed by atoms with E-state index >= 15 is 0 Å². The summed E-state index contributed by atoms with van der Waals surface area (Å²) in [6, 6.07) is 12.8. The summed E-state index contributed by atoms with van der Waals surface area (Å²) in [6.45, 7) is 7.73. The van der Waals surface area contributed by atoms with Crippen LogP contribution in [0.5, 0.6) is 0 Å². The number of morpholine rings is 1. The Morgan fingerprint density at radius 1 is 1.19 bits per heavy atom. The van der Waals surface area contributed by atoms with E-state index in [0.29, 0.717) is 12.6 Å². The van der Waals surface area contributed by atoms with E-state index in [2.05, 4.69) is 50.6 Å². The van der Waals surface area contributed by atoms with Gasteiger partial charge >= 0.3 is 0 Å². The molecule has 3 aromatic rings. The molecular weight excluding hydrogens is 523 g/mol. The lowest BCUT2D eigenvalue weighted by molar-refractivity contribution is 0.0177. The van der Waals surface area contributed by atoms with Gasteiger partial charge in [0.2, 0.25) is 0 Å². The summed E-state index contributed by atoms with van der Waals surface area (Å²) in [4.78, 5) is 13.4. The predicted octanol–water partition coefficient (Wildman–Crippen LogP) is 3.38. The number of nitrogens with zero attached hydrogens (tertiary/aromatic N) is 4. The minimum absolute atomic E-state index is 0. The highest BCUT2D eigenvalue weighted by Crippen LogP contribution is 2.25. The van der Waals surface area contributed by atoms with Gasteiger partial charge in [0.15, 0.2) is 5.96 Å². The number of aromatic nitrogens is 2. The predicted molar refractivity (Wildman–Crippen MR) is 138 cm³/mol. The molecule has 4 rings (SSSR count). The summed E-state index contributed by atoms with van der Waals surface area (Å²) in [5.41, 5.74) is 2.14. The van der Waals surface area contributed by atoms with E-state index in [0.717, 1.165) is 62.2 Å². The van der Waals surface area contributed by atoms with Crippen molar-refractivity contribution in [2.75, 3.05) is 39.4 Å². The second-order valence-electron chi connectivity index (χ2n) is 7.33. The Labute approximate surface area is 204 Å². The molecule has 9 heteroatoms. The van der Waals surface area contributed by atoms with Crippen LogP contribution < -0.4 is 10.6 Å². The van der Waals surface area contributed by atoms with E-state index < -0.39 is 0 Å². The van der Waals surface area contributed by atoms with Gasteiger partial charge < -0.3 is 19.9 Å². The molecular formula is C22H31IN6OS. The Morgan fingerprint density at radius 3 is 2.71 bits per heavy atom. The molecule has 1 aromatic carbocycles. The zero-order valence-corrected chi connectivity index (χ0v) is 21.2. The third-order valence-electron chi connectivity index (χ3n) is 5.42. The van der Waals surface area contributed by atoms with Crippen molar-refractivity contribution in [1.29, 1.82) is 0 Å². The third kappa shape index (κ3) is 5.97. The minimum atomic E-state index is 0. The van der Waals surface area contributed by atoms with Crippen molar-refractivity contribution < 1.29 is 4.74 Å². The fraction of sp³-hybridized carbons (Fsp3) is 0.455. The molecule has 0 saturated carbocycles. The van der Waals surface area contributed by atoms with Crippen molar-refractivity contribution in [2.24, 2.45) is 12.0 Å². The van der Waals surface area contributed by atoms with Gasteiger partial charge in [-0.25, -0.2) is 9.98 Å². The molecule has 1 fully saturated rings. The molecule has 0 amide bonds. The minimum Gasteiger partial charge on any atom is -0.379 e. The Kier molecular flexibility index (Phi) is 9.12. The van der Waals surface area contributed by atoms with Crippen molar-refractivity contribution >= 4 is 52.3 Å². The van der Waals surface area contributed by atoms with E-state index in [-0.39, 0.29) is 24.0 Å². The molecule has 2 aromatic heterocycles. The van der Waals surface area contributed by atoms with E-state index in [9.17, 15) is 0 Å². The summed E-state index contributed by atoms with van der Waals surface area (Å²) < 4.78 is 7.67. The first-order chi connectivity index (χ1) is 14.8. The summed E-state index contributed by atoms with van der Waals surface area (Å²) in [7, 11) is 2.05. The molecule has 7 nitrogen and oxygen atoms in total. The Balaban J connectivity index is 0.00000272. The first-order valence-corrected chi connectivity index (χ1v) is 11.4. The molecule has 31 heavy (non-hydrogen) atoms. The van der Waals surface area contributed by atoms with Crippen molar-refractivity contribution in [3.05, 3.63) is 52.5 Å². The molecule has 1 aliphatic heterocycles. The number of para-hydroxylation sites is 2. The summed E-state index contributed by atoms with van der Waals surface area (Å²) in [5.74, 6) is 1.77. The normalized spacial score (nSPS) is 16.1. The largest absolute Gasteiger partial charge is 0.379 e. The number of thiophene rings is 1. The van der Waals surface area contributed by atoms with Gasteiger partial charge in [0.25, 0.3) is 0 Å². The summed E-state index contributed by atoms with van der Waals surface area (Å²) in [5, 5.41) is 9.07. The molecule has 1 saturated heterocycles. The van der Waals surface area contributed by atoms with Gasteiger partial charge in [-0.1, -0.05) is 18.2 Å². The first-order valence-electron chi connectivity index (χ1n) is 10.5. The van der Waals surface area contributed by atoms with Gasteiger partial charge in [-0.3, -0.25) is 4.90 Å². The molecule has 3 heterocycles. The van der Waals surface area contributed by atoms with E-state index in [1.807, 2.05) is 36.6 Å². The molecule has 0 aliphatic carbocycles. The van der Waals surface area contributed by atoms with Crippen LogP contribution in [-0.4, -0.2) is 59.8 Å². The van der Waals surface area contributed by atoms with Gasteiger partial charge in [-0.05, 0) is 30.5 Å². The highest BCUT2D eigenvalue weighted by atomic mass is 127. The van der Waals surface area contributed by atoms with Crippen LogP contribution >= 0.6 is 35.3 Å². The zero-order chi connectivity index (χ0) is 20.8. The number of aliphatic imine (C=N–C) groups is 1. The summed E-state index contributed by atoms with van der Waals surface area (Å²) >= 11 is 1.81. The molecule has 168 valence electrons. The smallest absolute Gasteiger partial charge is 0.191 e. The van der Waals surface area contributed by atoms with E-state index in [1.54, 1.807) is 0 Å². The average Bonchev–Trinajstić information content (AvgIpc) is 3.42. The quantitative estimate of drug-likeness (QED) is 0.267. The lowest BCUT2D eigenvalue weighted by atomic mass is 10.2. The van der Waals surface area contributed by atoms with Crippen LogP contribution in [0.3, 0.4) is 0 Å². The highest BCUT2D eigenvalue weighted by Gasteiger charge is 2.23. The Bertz CT molecular complexity index is 968. The average molecular weight is 555 g/mol. The Hall–Kier alpha value is -1.69. The zero-order valence-electron chi connectivity index (χ0n) is 18.1. The van der Waals surface area contributed by atoms with E-state index in [1.165, 1.54) is 4.88 Å². The lowest BCUT2D eigenvalue weighted by Gasteiger charge is -2.34. The monoisotopic (exact) mass is 554 g/mol. The maximum Gasteiger partial charge on any atom is 0.191 e. The molecule has 1 unspecified atom stereocenters. The lowest BCUT2D eigenvalue weighted by Crippen LogP contribution is -2.46. The van der Waals surface area contributed by atoms with Crippen molar-refractivity contribution in [3.8, 4) is 0 Å². The van der Waals surface area contributed by atoms with Gasteiger partial charge in [0, 0.05) is 38.1 Å². The van der Waals surface area contributed by atoms with Gasteiger partial charge in [-0.15, -0.1) is 35.3 Å². The topological polar surface area (TPSA) is 66.7 Å². The van der Waals surface area contributed by atoms with Gasteiger partial charge in [0.1, 0.15) is 12.4 Å². The molecule has 1 atom stereocenters. The van der Waals surface area contributed by atoms with Crippen LogP contribution in [0.25, 0.3) is 11.0 Å². The first kappa shape index (κ1) is 24.0. The van der Waals surface area contributed by atoms with Crippen LogP contribution in [0.1, 0.15) is 23.7 Å². The molecule has 0 radical (unpaired) electrons. The molecule has 0 spiro atoms. The second kappa shape index (κ2) is 11.8. The SMILES string of the molecule is CCNC(=NCc1nc2ccccc2n1C)NCC(c1cccs1)N1CCOCC1.I. The molecule has 1 aliphatic rings. The number of rotatable bonds is 7. The molecule has 0 bridgehead atoms. The number of fused-ring (bicyclic) bond motifs is 1. The van der Waals surface area contributed by atoms with Crippen LogP contribution in [-0.2, 0) is 18.3 Å². The standard InChI is InChI=1S/C22H30N6OS.HI/c1-3-23-22(25-16-21-26-17-7-4-5-8-18(17)27(21)2)24-15-19(20-9-6-14-30-20)28-10-12-29-13-11-28;/h4-9,14,19H,3,10-13,15-16H2,1-2H3,(H2,23,24,25);1H. The fourth-order valence-electron chi connectivity index (χ4n) is 3.80. The molecule has 2 N–H and O–H groups in total. The number of halogens is 1. The third-order valence-corrected chi connectivity index (χ3v) is 6.40. The van der Waals surface area contributed by atoms with Crippen molar-refractivity contribution in [2.45, 2.75) is 19.5 Å². The van der Waals surface area contributed by atoms with Crippen LogP contribution in [0.15, 0.2) is 46.8 Å². The fourth-order valence-corrected chi connectivity index (χ4v) is 4.66. The van der Waals surface area contributed by atoms with E-state index in [4.69, 9.17) is 14.7 Å². The summed E-state index contributed by atoms with van der Waals surface area (Å²) in [6.07, 6.45) is 0. The maximum absolute atomic E-state index is 5.55. The Morgan fingerprint density at radius 2 is 2.00 bits per heavy atom. The number of hydrogen-bond donors (Lipinski definition) is 2. The van der Waals surface area contributed by atoms with Crippen molar-refractivity contribution in [3.63, 3.8) is 0 Å². The number of benzene rings is 1. The van der Waals surface area contributed by atoms with Crippen LogP contribution in [0, 0.1) is 0 Å². The van der Waals surface area contributed by atoms with Gasteiger partial charge in [0.05, 0.1) is 30.3 Å². The number of nitrogens with one attached hydrogen (secondary N) is 2. The van der Waals surface area contributed by atoms with Crippen LogP contribution in [0.4, 0.5) is 0 Å². The second-order valence-corrected chi connectivity index (χ2v) is 8.31. The van der Waals surface area contributed by atoms with Crippen molar-refractivity contribution in [1.82, 2.24) is 25.1 Å². The number of imidazole rings is 1. The van der Waals surface area contributed by atoms with Crippen LogP contribution in [0.2, 0.25) is 0 Å². The number of ether oxygens (including phenoxy) is 1. The number of aryl methyl sites for hydroxylation is 1. The maximum atomic E-state index is 5.55. The number of guanidine groups is 1. The van der Waals surface area contributed by atoms with Gasteiger partial charge in [-0.2, -0.15) is 0 Å². The highest BCUT2D eigenvalue weighted by molar-refractivity contribution is 14.0. The number of hydrogen-bond acceptors (Lipinski definition) is 5.